The molecular weight excluding hydrogens is 206 g/mol. The van der Waals surface area contributed by atoms with Crippen molar-refractivity contribution in [3.63, 3.8) is 0 Å². The van der Waals surface area contributed by atoms with Gasteiger partial charge in [0.2, 0.25) is 0 Å². The first-order chi connectivity index (χ1) is 7.16. The molecule has 0 aliphatic rings. The molecule has 0 saturated heterocycles. The topological polar surface area (TPSA) is 61.7 Å². The third-order valence-electron chi connectivity index (χ3n) is 2.26. The Labute approximate surface area is 99.0 Å². The van der Waals surface area contributed by atoms with Crippen LogP contribution in [0, 0.1) is 0 Å². The molecule has 1 unspecified atom stereocenters. The molecule has 98 valence electrons. The molecule has 16 heavy (non-hydrogen) atoms. The van der Waals surface area contributed by atoms with E-state index in [0.29, 0.717) is 19.6 Å². The van der Waals surface area contributed by atoms with E-state index in [9.17, 15) is 5.11 Å². The zero-order chi connectivity index (χ0) is 12.8. The van der Waals surface area contributed by atoms with Gasteiger partial charge in [-0.05, 0) is 41.0 Å². The molecule has 0 heterocycles. The summed E-state index contributed by atoms with van der Waals surface area (Å²) in [7, 11) is 0. The first kappa shape index (κ1) is 15.8. The lowest BCUT2D eigenvalue weighted by atomic mass is 10.0. The molecule has 1 atom stereocenters. The van der Waals surface area contributed by atoms with E-state index in [-0.39, 0.29) is 17.7 Å². The van der Waals surface area contributed by atoms with E-state index < -0.39 is 6.10 Å². The lowest BCUT2D eigenvalue weighted by Crippen LogP contribution is -2.45. The van der Waals surface area contributed by atoms with Gasteiger partial charge in [-0.3, -0.25) is 0 Å². The summed E-state index contributed by atoms with van der Waals surface area (Å²) in [6.07, 6.45) is 0.150. The SMILES string of the molecule is CC(C)(CCO)NCC(O)COC(C)(C)C. The van der Waals surface area contributed by atoms with E-state index >= 15 is 0 Å². The molecule has 0 spiro atoms. The third-order valence-corrected chi connectivity index (χ3v) is 2.26. The molecule has 4 heteroatoms. The van der Waals surface area contributed by atoms with Gasteiger partial charge in [0.25, 0.3) is 0 Å². The molecule has 0 radical (unpaired) electrons. The summed E-state index contributed by atoms with van der Waals surface area (Å²) in [5, 5.41) is 21.7. The minimum Gasteiger partial charge on any atom is -0.396 e. The predicted octanol–water partition coefficient (Wildman–Crippen LogP) is 0.913. The average Bonchev–Trinajstić information content (AvgIpc) is 2.10. The highest BCUT2D eigenvalue weighted by molar-refractivity contribution is 4.78. The zero-order valence-electron chi connectivity index (χ0n) is 11.2. The molecule has 0 aliphatic heterocycles. The number of aliphatic hydroxyl groups is 2. The maximum atomic E-state index is 9.69. The third kappa shape index (κ3) is 9.09. The van der Waals surface area contributed by atoms with Crippen LogP contribution in [0.5, 0.6) is 0 Å². The molecule has 0 fully saturated rings. The van der Waals surface area contributed by atoms with Crippen LogP contribution in [0.1, 0.15) is 41.0 Å². The van der Waals surface area contributed by atoms with Crippen LogP contribution < -0.4 is 5.32 Å². The van der Waals surface area contributed by atoms with Gasteiger partial charge in [-0.2, -0.15) is 0 Å². The first-order valence-corrected chi connectivity index (χ1v) is 5.84. The van der Waals surface area contributed by atoms with Crippen LogP contribution in [0.4, 0.5) is 0 Å². The van der Waals surface area contributed by atoms with Crippen molar-refractivity contribution in [3.8, 4) is 0 Å². The highest BCUT2D eigenvalue weighted by Crippen LogP contribution is 2.09. The first-order valence-electron chi connectivity index (χ1n) is 5.84. The molecule has 0 amide bonds. The van der Waals surface area contributed by atoms with Crippen LogP contribution in [0.3, 0.4) is 0 Å². The summed E-state index contributed by atoms with van der Waals surface area (Å²) < 4.78 is 5.48. The Hall–Kier alpha value is -0.160. The van der Waals surface area contributed by atoms with E-state index in [2.05, 4.69) is 5.32 Å². The molecule has 0 bridgehead atoms. The van der Waals surface area contributed by atoms with Gasteiger partial charge in [0, 0.05) is 18.7 Å². The summed E-state index contributed by atoms with van der Waals surface area (Å²) in [5.74, 6) is 0. The minimum absolute atomic E-state index is 0.147. The smallest absolute Gasteiger partial charge is 0.0898 e. The molecule has 0 aromatic rings. The molecule has 0 aromatic heterocycles. The number of aliphatic hydroxyl groups excluding tert-OH is 2. The van der Waals surface area contributed by atoms with E-state index in [1.165, 1.54) is 0 Å². The Bertz CT molecular complexity index is 187. The molecule has 3 N–H and O–H groups in total. The van der Waals surface area contributed by atoms with Crippen molar-refractivity contribution in [2.45, 2.75) is 58.3 Å². The molecule has 0 saturated carbocycles. The van der Waals surface area contributed by atoms with Gasteiger partial charge in [0.1, 0.15) is 0 Å². The van der Waals surface area contributed by atoms with Gasteiger partial charge in [0.15, 0.2) is 0 Å². The summed E-state index contributed by atoms with van der Waals surface area (Å²) in [6.45, 7) is 10.8. The molecular formula is C12H27NO3. The van der Waals surface area contributed by atoms with Crippen LogP contribution in [-0.4, -0.2) is 47.2 Å². The highest BCUT2D eigenvalue weighted by Gasteiger charge is 2.19. The van der Waals surface area contributed by atoms with Crippen molar-refractivity contribution in [3.05, 3.63) is 0 Å². The normalized spacial score (nSPS) is 15.2. The average molecular weight is 233 g/mol. The lowest BCUT2D eigenvalue weighted by Gasteiger charge is -2.28. The quantitative estimate of drug-likeness (QED) is 0.612. The van der Waals surface area contributed by atoms with Gasteiger partial charge in [0.05, 0.1) is 18.3 Å². The fourth-order valence-electron chi connectivity index (χ4n) is 1.17. The second-order valence-corrected chi connectivity index (χ2v) is 5.82. The fourth-order valence-corrected chi connectivity index (χ4v) is 1.17. The monoisotopic (exact) mass is 233 g/mol. The van der Waals surface area contributed by atoms with Gasteiger partial charge in [-0.1, -0.05) is 0 Å². The van der Waals surface area contributed by atoms with Crippen LogP contribution in [0.25, 0.3) is 0 Å². The van der Waals surface area contributed by atoms with E-state index in [0.717, 1.165) is 0 Å². The molecule has 0 aliphatic carbocycles. The number of β-amino-alcohol motifs (C(OH)–C–C–N with tert-alkyl or cyclic N) is 1. The minimum atomic E-state index is -0.516. The number of ether oxygens (including phenoxy) is 1. The van der Waals surface area contributed by atoms with Crippen molar-refractivity contribution in [1.82, 2.24) is 5.32 Å². The zero-order valence-corrected chi connectivity index (χ0v) is 11.2. The molecule has 0 rings (SSSR count). The van der Waals surface area contributed by atoms with E-state index in [1.807, 2.05) is 34.6 Å². The maximum absolute atomic E-state index is 9.69. The van der Waals surface area contributed by atoms with Crippen LogP contribution >= 0.6 is 0 Å². The predicted molar refractivity (Wildman–Crippen MR) is 65.5 cm³/mol. The molecule has 4 nitrogen and oxygen atoms in total. The summed E-state index contributed by atoms with van der Waals surface area (Å²) in [4.78, 5) is 0. The largest absolute Gasteiger partial charge is 0.396 e. The van der Waals surface area contributed by atoms with Crippen molar-refractivity contribution in [2.24, 2.45) is 0 Å². The number of hydrogen-bond donors (Lipinski definition) is 3. The highest BCUT2D eigenvalue weighted by atomic mass is 16.5. The number of rotatable bonds is 7. The van der Waals surface area contributed by atoms with E-state index in [1.54, 1.807) is 0 Å². The van der Waals surface area contributed by atoms with Crippen molar-refractivity contribution in [1.29, 1.82) is 0 Å². The van der Waals surface area contributed by atoms with Crippen molar-refractivity contribution in [2.75, 3.05) is 19.8 Å². The van der Waals surface area contributed by atoms with E-state index in [4.69, 9.17) is 9.84 Å². The Morgan fingerprint density at radius 2 is 1.75 bits per heavy atom. The van der Waals surface area contributed by atoms with Crippen LogP contribution in [-0.2, 0) is 4.74 Å². The summed E-state index contributed by atoms with van der Waals surface area (Å²) in [6, 6.07) is 0. The van der Waals surface area contributed by atoms with Gasteiger partial charge < -0.3 is 20.3 Å². The Morgan fingerprint density at radius 3 is 2.19 bits per heavy atom. The Morgan fingerprint density at radius 1 is 1.19 bits per heavy atom. The number of nitrogens with one attached hydrogen (secondary N) is 1. The Balaban J connectivity index is 3.76. The Kier molecular flexibility index (Phi) is 6.48. The number of hydrogen-bond acceptors (Lipinski definition) is 4. The maximum Gasteiger partial charge on any atom is 0.0898 e. The van der Waals surface area contributed by atoms with Gasteiger partial charge >= 0.3 is 0 Å². The summed E-state index contributed by atoms with van der Waals surface area (Å²) in [5.41, 5.74) is -0.376. The fraction of sp³-hybridized carbons (Fsp3) is 1.00. The van der Waals surface area contributed by atoms with Crippen LogP contribution in [0.2, 0.25) is 0 Å². The van der Waals surface area contributed by atoms with Crippen molar-refractivity contribution >= 4 is 0 Å². The standard InChI is InChI=1S/C12H27NO3/c1-11(2,3)16-9-10(15)8-13-12(4,5)6-7-14/h10,13-15H,6-9H2,1-5H3. The second kappa shape index (κ2) is 6.55. The van der Waals surface area contributed by atoms with Gasteiger partial charge in [-0.25, -0.2) is 0 Å². The summed E-state index contributed by atoms with van der Waals surface area (Å²) >= 11 is 0. The molecule has 0 aromatic carbocycles. The van der Waals surface area contributed by atoms with Crippen molar-refractivity contribution < 1.29 is 14.9 Å². The van der Waals surface area contributed by atoms with Gasteiger partial charge in [-0.15, -0.1) is 0 Å². The lowest BCUT2D eigenvalue weighted by molar-refractivity contribution is -0.0492. The second-order valence-electron chi connectivity index (χ2n) is 5.82. The van der Waals surface area contributed by atoms with Crippen LogP contribution in [0.15, 0.2) is 0 Å².